The number of para-hydroxylation sites is 1. The average molecular weight is 499 g/mol. The quantitative estimate of drug-likeness (QED) is 0.518. The normalized spacial score (nSPS) is 21.5. The second-order valence-electron chi connectivity index (χ2n) is 7.89. The van der Waals surface area contributed by atoms with Crippen LogP contribution in [0.2, 0.25) is 0 Å². The second kappa shape index (κ2) is 7.86. The van der Waals surface area contributed by atoms with Crippen LogP contribution in [0.4, 0.5) is 17.6 Å². The summed E-state index contributed by atoms with van der Waals surface area (Å²) < 4.78 is 58.4. The third kappa shape index (κ3) is 4.28. The number of carbonyl (C=O) groups excluding carboxylic acids is 1. The SMILES string of the molecule is CN1C(=O)C(C)(C)C(C)(c2cc([AsH]c3ccccc3OC(F)(F)F)ccc2F)N=C1N. The number of nitrogens with two attached hydrogens (primary N) is 1. The summed E-state index contributed by atoms with van der Waals surface area (Å²) in [7, 11) is 1.50. The first kappa shape index (κ1) is 23.1. The van der Waals surface area contributed by atoms with Gasteiger partial charge >= 0.3 is 184 Å². The van der Waals surface area contributed by atoms with E-state index in [1.807, 2.05) is 0 Å². The topological polar surface area (TPSA) is 67.9 Å². The number of nitrogens with zero attached hydrogens (tertiary/aromatic N) is 2. The van der Waals surface area contributed by atoms with Gasteiger partial charge in [-0.25, -0.2) is 0 Å². The van der Waals surface area contributed by atoms with Crippen LogP contribution in [-0.2, 0) is 10.3 Å². The molecule has 1 aliphatic heterocycles. The molecule has 31 heavy (non-hydrogen) atoms. The molecule has 1 amide bonds. The fourth-order valence-electron chi connectivity index (χ4n) is 3.49. The van der Waals surface area contributed by atoms with Crippen LogP contribution in [0.25, 0.3) is 0 Å². The van der Waals surface area contributed by atoms with E-state index in [1.165, 1.54) is 36.2 Å². The van der Waals surface area contributed by atoms with E-state index < -0.39 is 38.9 Å². The van der Waals surface area contributed by atoms with Crippen LogP contribution in [0, 0.1) is 11.2 Å². The molecule has 0 aliphatic carbocycles. The van der Waals surface area contributed by atoms with E-state index in [9.17, 15) is 22.4 Å². The molecule has 166 valence electrons. The van der Waals surface area contributed by atoms with Gasteiger partial charge in [-0.15, -0.1) is 0 Å². The Balaban J connectivity index is 2.06. The van der Waals surface area contributed by atoms with Gasteiger partial charge in [0.25, 0.3) is 0 Å². The van der Waals surface area contributed by atoms with Gasteiger partial charge in [-0.2, -0.15) is 0 Å². The molecule has 0 radical (unpaired) electrons. The summed E-state index contributed by atoms with van der Waals surface area (Å²) in [5.74, 6) is -1.19. The van der Waals surface area contributed by atoms with Crippen LogP contribution in [0.3, 0.4) is 0 Å². The molecule has 0 bridgehead atoms. The van der Waals surface area contributed by atoms with Crippen molar-refractivity contribution in [2.45, 2.75) is 32.7 Å². The Morgan fingerprint density at radius 2 is 1.77 bits per heavy atom. The molecule has 0 spiro atoms. The van der Waals surface area contributed by atoms with E-state index >= 15 is 0 Å². The first-order chi connectivity index (χ1) is 14.3. The molecular weight excluding hydrogens is 477 g/mol. The van der Waals surface area contributed by atoms with Gasteiger partial charge in [-0.3, -0.25) is 0 Å². The number of benzene rings is 2. The van der Waals surface area contributed by atoms with Crippen molar-refractivity contribution < 1.29 is 27.1 Å². The van der Waals surface area contributed by atoms with E-state index in [0.717, 1.165) is 0 Å². The summed E-state index contributed by atoms with van der Waals surface area (Å²) in [5, 5.41) is 0. The average Bonchev–Trinajstić information content (AvgIpc) is 2.67. The first-order valence-corrected chi connectivity index (χ1v) is 11.4. The van der Waals surface area contributed by atoms with Gasteiger partial charge < -0.3 is 0 Å². The van der Waals surface area contributed by atoms with Crippen molar-refractivity contribution >= 4 is 36.3 Å². The van der Waals surface area contributed by atoms with Crippen LogP contribution < -0.4 is 19.2 Å². The maximum atomic E-state index is 14.9. The predicted octanol–water partition coefficient (Wildman–Crippen LogP) is 2.14. The third-order valence-corrected chi connectivity index (χ3v) is 8.31. The number of rotatable bonds is 4. The van der Waals surface area contributed by atoms with Crippen molar-refractivity contribution in [3.8, 4) is 5.75 Å². The molecule has 2 atom stereocenters. The van der Waals surface area contributed by atoms with E-state index in [4.69, 9.17) is 5.73 Å². The zero-order valence-corrected chi connectivity index (χ0v) is 19.4. The number of hydrogen-bond acceptors (Lipinski definition) is 4. The van der Waals surface area contributed by atoms with Crippen molar-refractivity contribution in [3.05, 3.63) is 53.8 Å². The third-order valence-electron chi connectivity index (χ3n) is 5.62. The summed E-state index contributed by atoms with van der Waals surface area (Å²) in [6, 6.07) is 10.2. The maximum absolute atomic E-state index is 14.9. The molecule has 2 aromatic carbocycles. The molecule has 2 N–H and O–H groups in total. The number of aliphatic imine (C=N–C) groups is 1. The van der Waals surface area contributed by atoms with Gasteiger partial charge in [-0.1, -0.05) is 0 Å². The van der Waals surface area contributed by atoms with E-state index in [-0.39, 0.29) is 23.2 Å². The molecule has 2 aromatic rings. The van der Waals surface area contributed by atoms with Gasteiger partial charge in [0.05, 0.1) is 0 Å². The van der Waals surface area contributed by atoms with Gasteiger partial charge in [-0.05, 0) is 0 Å². The molecule has 0 aromatic heterocycles. The predicted molar refractivity (Wildman–Crippen MR) is 111 cm³/mol. The van der Waals surface area contributed by atoms with Crippen molar-refractivity contribution in [1.82, 2.24) is 4.90 Å². The number of hydrogen-bond donors (Lipinski definition) is 1. The van der Waals surface area contributed by atoms with Crippen LogP contribution in [0.5, 0.6) is 5.75 Å². The Hall–Kier alpha value is -2.54. The number of ether oxygens (including phenoxy) is 1. The Kier molecular flexibility index (Phi) is 5.86. The molecule has 0 fully saturated rings. The zero-order valence-electron chi connectivity index (χ0n) is 17.3. The zero-order chi connectivity index (χ0) is 23.2. The number of guanidine groups is 1. The number of halogens is 4. The number of carbonyl (C=O) groups is 1. The second-order valence-corrected chi connectivity index (χ2v) is 10.8. The summed E-state index contributed by atoms with van der Waals surface area (Å²) in [5.41, 5.74) is 3.67. The minimum absolute atomic E-state index is 0.0310. The van der Waals surface area contributed by atoms with Crippen molar-refractivity contribution in [2.24, 2.45) is 16.1 Å². The minimum atomic E-state index is -4.81. The van der Waals surface area contributed by atoms with Crippen LogP contribution in [0.15, 0.2) is 47.5 Å². The Morgan fingerprint density at radius 3 is 2.42 bits per heavy atom. The molecule has 3 rings (SSSR count). The molecule has 5 nitrogen and oxygen atoms in total. The summed E-state index contributed by atoms with van der Waals surface area (Å²) in [4.78, 5) is 18.5. The van der Waals surface area contributed by atoms with Crippen molar-refractivity contribution in [1.29, 1.82) is 0 Å². The van der Waals surface area contributed by atoms with Crippen molar-refractivity contribution in [2.75, 3.05) is 7.05 Å². The summed E-state index contributed by atoms with van der Waals surface area (Å²) in [6.07, 6.45) is -4.81. The van der Waals surface area contributed by atoms with Crippen molar-refractivity contribution in [3.63, 3.8) is 0 Å². The van der Waals surface area contributed by atoms with E-state index in [0.29, 0.717) is 8.70 Å². The molecule has 1 heterocycles. The van der Waals surface area contributed by atoms with Crippen LogP contribution in [0.1, 0.15) is 26.3 Å². The molecule has 0 saturated heterocycles. The summed E-state index contributed by atoms with van der Waals surface area (Å²) >= 11 is -1.32. The summed E-state index contributed by atoms with van der Waals surface area (Å²) in [6.45, 7) is 4.96. The fourth-order valence-corrected chi connectivity index (χ4v) is 5.86. The molecule has 10 heteroatoms. The molecular formula is C21H22AsF4N3O2. The van der Waals surface area contributed by atoms with E-state index in [2.05, 4.69) is 9.73 Å². The Bertz CT molecular complexity index is 1060. The standard InChI is InChI=1S/C21H22AsF4N3O2/c1-19(2)17(30)29(4)18(27)28-20(19,3)13-11-12(9-10-15(13)23)22-14-7-5-6-8-16(14)31-21(24,25)26/h5-11,22H,1-4H3,(H2,27,28). The number of amides is 1. The van der Waals surface area contributed by atoms with Gasteiger partial charge in [0.15, 0.2) is 0 Å². The van der Waals surface area contributed by atoms with Gasteiger partial charge in [0.2, 0.25) is 0 Å². The Morgan fingerprint density at radius 1 is 1.13 bits per heavy atom. The molecule has 1 aliphatic rings. The van der Waals surface area contributed by atoms with Gasteiger partial charge in [0.1, 0.15) is 0 Å². The molecule has 2 unspecified atom stereocenters. The first-order valence-electron chi connectivity index (χ1n) is 9.31. The Labute approximate surface area is 184 Å². The van der Waals surface area contributed by atoms with Crippen LogP contribution in [-0.4, -0.2) is 45.9 Å². The monoisotopic (exact) mass is 499 g/mol. The van der Waals surface area contributed by atoms with Crippen LogP contribution >= 0.6 is 0 Å². The van der Waals surface area contributed by atoms with Gasteiger partial charge in [0, 0.05) is 0 Å². The number of alkyl halides is 3. The van der Waals surface area contributed by atoms with E-state index in [1.54, 1.807) is 39.0 Å². The molecule has 0 saturated carbocycles. The fraction of sp³-hybridized carbons (Fsp3) is 0.333.